The van der Waals surface area contributed by atoms with Crippen molar-refractivity contribution in [3.8, 4) is 17.2 Å². The Morgan fingerprint density at radius 3 is 2.28 bits per heavy atom. The van der Waals surface area contributed by atoms with Gasteiger partial charge < -0.3 is 19.2 Å². The summed E-state index contributed by atoms with van der Waals surface area (Å²) in [7, 11) is -3.73. The number of carbonyl (C=O) groups is 1. The molecule has 0 radical (unpaired) electrons. The molecule has 3 rings (SSSR count). The Kier molecular flexibility index (Phi) is 7.55. The van der Waals surface area contributed by atoms with Gasteiger partial charge in [-0.2, -0.15) is 4.31 Å². The second kappa shape index (κ2) is 10.3. The van der Waals surface area contributed by atoms with Crippen molar-refractivity contribution in [2.24, 2.45) is 0 Å². The summed E-state index contributed by atoms with van der Waals surface area (Å²) in [6.45, 7) is 6.64. The molecular weight excluding hydrogens is 432 g/mol. The number of nitrogens with one attached hydrogen (secondary N) is 1. The van der Waals surface area contributed by atoms with E-state index in [-0.39, 0.29) is 22.1 Å². The van der Waals surface area contributed by atoms with Gasteiger partial charge in [0, 0.05) is 13.1 Å². The maximum absolute atomic E-state index is 13.0. The summed E-state index contributed by atoms with van der Waals surface area (Å²) >= 11 is 0. The standard InChI is InChI=1S/C23H26N2O6S/c1-4-25(5-2)32(27,28)19-13-14-21(31-18-11-9-17(10-12-18)29-6-3)20(16-19)24-23(26)22-8-7-15-30-22/h7-16H,4-6H2,1-3H3,(H,24,26). The van der Waals surface area contributed by atoms with Crippen LogP contribution in [-0.2, 0) is 10.0 Å². The Bertz CT molecular complexity index is 1140. The summed E-state index contributed by atoms with van der Waals surface area (Å²) in [5.41, 5.74) is 0.202. The van der Waals surface area contributed by atoms with Crippen LogP contribution < -0.4 is 14.8 Å². The molecule has 0 aliphatic heterocycles. The third-order valence-electron chi connectivity index (χ3n) is 4.65. The molecule has 3 aromatic rings. The lowest BCUT2D eigenvalue weighted by Gasteiger charge is -2.20. The van der Waals surface area contributed by atoms with Crippen LogP contribution in [0.5, 0.6) is 17.2 Å². The van der Waals surface area contributed by atoms with Crippen molar-refractivity contribution < 1.29 is 27.1 Å². The molecule has 2 aromatic carbocycles. The molecule has 0 aliphatic carbocycles. The van der Waals surface area contributed by atoms with Crippen molar-refractivity contribution >= 4 is 21.6 Å². The quantitative estimate of drug-likeness (QED) is 0.471. The first-order valence-corrected chi connectivity index (χ1v) is 11.7. The van der Waals surface area contributed by atoms with E-state index >= 15 is 0 Å². The zero-order chi connectivity index (χ0) is 23.1. The van der Waals surface area contributed by atoms with Crippen molar-refractivity contribution in [1.29, 1.82) is 0 Å². The van der Waals surface area contributed by atoms with Gasteiger partial charge in [0.25, 0.3) is 5.91 Å². The molecule has 1 N–H and O–H groups in total. The van der Waals surface area contributed by atoms with Crippen LogP contribution in [-0.4, -0.2) is 38.3 Å². The molecule has 170 valence electrons. The summed E-state index contributed by atoms with van der Waals surface area (Å²) in [4.78, 5) is 12.6. The Balaban J connectivity index is 1.96. The number of sulfonamides is 1. The van der Waals surface area contributed by atoms with Gasteiger partial charge in [-0.05, 0) is 61.5 Å². The molecule has 1 heterocycles. The van der Waals surface area contributed by atoms with Gasteiger partial charge in [-0.3, -0.25) is 4.79 Å². The molecule has 0 aliphatic rings. The fourth-order valence-corrected chi connectivity index (χ4v) is 4.54. The molecule has 1 amide bonds. The number of benzene rings is 2. The molecule has 0 fully saturated rings. The summed E-state index contributed by atoms with van der Waals surface area (Å²) in [5.74, 6) is 1.05. The summed E-state index contributed by atoms with van der Waals surface area (Å²) in [5, 5.41) is 2.69. The first-order valence-electron chi connectivity index (χ1n) is 10.3. The van der Waals surface area contributed by atoms with E-state index < -0.39 is 15.9 Å². The minimum absolute atomic E-state index is 0.0509. The van der Waals surface area contributed by atoms with E-state index in [1.54, 1.807) is 44.2 Å². The topological polar surface area (TPSA) is 98.1 Å². The Morgan fingerprint density at radius 1 is 1.00 bits per heavy atom. The molecule has 9 heteroatoms. The van der Waals surface area contributed by atoms with E-state index in [0.29, 0.717) is 31.2 Å². The van der Waals surface area contributed by atoms with Gasteiger partial charge in [0.2, 0.25) is 10.0 Å². The Labute approximate surface area is 187 Å². The minimum Gasteiger partial charge on any atom is -0.494 e. The maximum Gasteiger partial charge on any atom is 0.291 e. The van der Waals surface area contributed by atoms with Gasteiger partial charge in [-0.25, -0.2) is 8.42 Å². The Hall–Kier alpha value is -3.30. The lowest BCUT2D eigenvalue weighted by atomic mass is 10.2. The van der Waals surface area contributed by atoms with Gasteiger partial charge in [-0.1, -0.05) is 13.8 Å². The first kappa shape index (κ1) is 23.4. The highest BCUT2D eigenvalue weighted by molar-refractivity contribution is 7.89. The van der Waals surface area contributed by atoms with E-state index in [1.165, 1.54) is 34.8 Å². The highest BCUT2D eigenvalue weighted by Gasteiger charge is 2.24. The first-order chi connectivity index (χ1) is 15.4. The van der Waals surface area contributed by atoms with Gasteiger partial charge in [-0.15, -0.1) is 0 Å². The fourth-order valence-electron chi connectivity index (χ4n) is 3.06. The predicted octanol–water partition coefficient (Wildman–Crippen LogP) is 4.75. The predicted molar refractivity (Wildman–Crippen MR) is 121 cm³/mol. The molecule has 8 nitrogen and oxygen atoms in total. The SMILES string of the molecule is CCOc1ccc(Oc2ccc(S(=O)(=O)N(CC)CC)cc2NC(=O)c2ccco2)cc1. The van der Waals surface area contributed by atoms with E-state index in [4.69, 9.17) is 13.9 Å². The number of carbonyl (C=O) groups excluding carboxylic acids is 1. The maximum atomic E-state index is 13.0. The zero-order valence-corrected chi connectivity index (χ0v) is 19.0. The van der Waals surface area contributed by atoms with Gasteiger partial charge in [0.15, 0.2) is 11.5 Å². The van der Waals surface area contributed by atoms with Crippen molar-refractivity contribution in [3.05, 3.63) is 66.6 Å². The summed E-state index contributed by atoms with van der Waals surface area (Å²) < 4.78 is 43.8. The van der Waals surface area contributed by atoms with Crippen molar-refractivity contribution in [2.75, 3.05) is 25.0 Å². The molecular formula is C23H26N2O6S. The number of hydrogen-bond donors (Lipinski definition) is 1. The molecule has 0 unspecified atom stereocenters. The molecule has 0 saturated heterocycles. The van der Waals surface area contributed by atoms with Crippen LogP contribution >= 0.6 is 0 Å². The monoisotopic (exact) mass is 458 g/mol. The van der Waals surface area contributed by atoms with E-state index in [1.807, 2.05) is 6.92 Å². The number of ether oxygens (including phenoxy) is 2. The van der Waals surface area contributed by atoms with E-state index in [9.17, 15) is 13.2 Å². The second-order valence-electron chi connectivity index (χ2n) is 6.69. The molecule has 0 bridgehead atoms. The van der Waals surface area contributed by atoms with Crippen molar-refractivity contribution in [3.63, 3.8) is 0 Å². The fraction of sp³-hybridized carbons (Fsp3) is 0.261. The van der Waals surface area contributed by atoms with E-state index in [0.717, 1.165) is 0 Å². The van der Waals surface area contributed by atoms with Crippen LogP contribution in [0.3, 0.4) is 0 Å². The molecule has 0 spiro atoms. The van der Waals surface area contributed by atoms with Crippen LogP contribution in [0.4, 0.5) is 5.69 Å². The molecule has 0 saturated carbocycles. The molecule has 0 atom stereocenters. The highest BCUT2D eigenvalue weighted by atomic mass is 32.2. The lowest BCUT2D eigenvalue weighted by molar-refractivity contribution is 0.0996. The number of rotatable bonds is 10. The zero-order valence-electron chi connectivity index (χ0n) is 18.2. The van der Waals surface area contributed by atoms with Gasteiger partial charge >= 0.3 is 0 Å². The number of anilines is 1. The van der Waals surface area contributed by atoms with Crippen molar-refractivity contribution in [2.45, 2.75) is 25.7 Å². The minimum atomic E-state index is -3.73. The smallest absolute Gasteiger partial charge is 0.291 e. The average Bonchev–Trinajstić information content (AvgIpc) is 3.32. The molecule has 1 aromatic heterocycles. The van der Waals surface area contributed by atoms with Crippen LogP contribution in [0.15, 0.2) is 70.2 Å². The van der Waals surface area contributed by atoms with Crippen LogP contribution in [0.2, 0.25) is 0 Å². The number of amides is 1. The third kappa shape index (κ3) is 5.30. The second-order valence-corrected chi connectivity index (χ2v) is 8.62. The number of nitrogens with zero attached hydrogens (tertiary/aromatic N) is 1. The number of hydrogen-bond acceptors (Lipinski definition) is 6. The average molecular weight is 459 g/mol. The number of furan rings is 1. The summed E-state index contributed by atoms with van der Waals surface area (Å²) in [6.07, 6.45) is 1.38. The van der Waals surface area contributed by atoms with Crippen LogP contribution in [0, 0.1) is 0 Å². The summed E-state index contributed by atoms with van der Waals surface area (Å²) in [6, 6.07) is 14.4. The van der Waals surface area contributed by atoms with E-state index in [2.05, 4.69) is 5.32 Å². The lowest BCUT2D eigenvalue weighted by Crippen LogP contribution is -2.30. The highest BCUT2D eigenvalue weighted by Crippen LogP contribution is 2.33. The normalized spacial score (nSPS) is 11.4. The largest absolute Gasteiger partial charge is 0.494 e. The van der Waals surface area contributed by atoms with Gasteiger partial charge in [0.1, 0.15) is 11.5 Å². The molecule has 32 heavy (non-hydrogen) atoms. The third-order valence-corrected chi connectivity index (χ3v) is 6.70. The van der Waals surface area contributed by atoms with Crippen molar-refractivity contribution in [1.82, 2.24) is 4.31 Å². The van der Waals surface area contributed by atoms with Crippen LogP contribution in [0.1, 0.15) is 31.3 Å². The van der Waals surface area contributed by atoms with Gasteiger partial charge in [0.05, 0.1) is 23.5 Å². The Morgan fingerprint density at radius 2 is 1.69 bits per heavy atom. The van der Waals surface area contributed by atoms with Crippen LogP contribution in [0.25, 0.3) is 0 Å².